The zero-order valence-electron chi connectivity index (χ0n) is 20.0. The molecule has 1 aliphatic rings. The Morgan fingerprint density at radius 3 is 2.03 bits per heavy atom. The Bertz CT molecular complexity index is 1190. The van der Waals surface area contributed by atoms with Gasteiger partial charge < -0.3 is 19.3 Å². The number of hydrogen-bond donors (Lipinski definition) is 1. The summed E-state index contributed by atoms with van der Waals surface area (Å²) in [6, 6.07) is 13.6. The maximum absolute atomic E-state index is 13.7. The Labute approximate surface area is 209 Å². The van der Waals surface area contributed by atoms with E-state index in [9.17, 15) is 19.5 Å². The first-order valence-corrected chi connectivity index (χ1v) is 11.5. The highest BCUT2D eigenvalue weighted by molar-refractivity contribution is 6.30. The zero-order valence-corrected chi connectivity index (χ0v) is 20.8. The van der Waals surface area contributed by atoms with E-state index in [1.807, 2.05) is 0 Å². The third-order valence-corrected chi connectivity index (χ3v) is 6.07. The van der Waals surface area contributed by atoms with E-state index in [0.717, 1.165) is 0 Å². The van der Waals surface area contributed by atoms with Crippen molar-refractivity contribution in [2.24, 2.45) is 0 Å². The molecule has 0 aliphatic heterocycles. The summed E-state index contributed by atoms with van der Waals surface area (Å²) in [6.45, 7) is 4.66. The number of halogens is 1. The molecule has 0 aromatic heterocycles. The third kappa shape index (κ3) is 4.56. The minimum Gasteiger partial charge on any atom is -0.512 e. The molecule has 8 heteroatoms. The number of carbonyl (C=O) groups is 3. The van der Waals surface area contributed by atoms with Crippen LogP contribution in [-0.2, 0) is 40.4 Å². The quantitative estimate of drug-likeness (QED) is 0.185. The van der Waals surface area contributed by atoms with E-state index in [4.69, 9.17) is 25.8 Å². The van der Waals surface area contributed by atoms with Crippen molar-refractivity contribution in [1.82, 2.24) is 0 Å². The Balaban J connectivity index is 2.49. The molecule has 0 saturated carbocycles. The number of fused-ring (bicyclic) bond motifs is 1. The van der Waals surface area contributed by atoms with Crippen LogP contribution in [0, 0.1) is 0 Å². The van der Waals surface area contributed by atoms with Gasteiger partial charge in [-0.15, -0.1) is 0 Å². The lowest BCUT2D eigenvalue weighted by molar-refractivity contribution is -0.162. The maximum Gasteiger partial charge on any atom is 0.341 e. The SMILES string of the molecule is CCOC(=O)C1(C(=O)OCC)C(Cc2ccc(Cl)cc2)=C(/C(C(=O)OC)=C(/C)O)c2ccccc21. The number of aliphatic hydroxyl groups is 1. The molecule has 7 nitrogen and oxygen atoms in total. The predicted molar refractivity (Wildman–Crippen MR) is 131 cm³/mol. The van der Waals surface area contributed by atoms with Crippen molar-refractivity contribution in [2.45, 2.75) is 32.6 Å². The first-order chi connectivity index (χ1) is 16.7. The fourth-order valence-corrected chi connectivity index (χ4v) is 4.54. The van der Waals surface area contributed by atoms with Crippen molar-refractivity contribution >= 4 is 35.1 Å². The Morgan fingerprint density at radius 2 is 1.51 bits per heavy atom. The highest BCUT2D eigenvalue weighted by atomic mass is 35.5. The molecule has 1 aliphatic carbocycles. The van der Waals surface area contributed by atoms with Crippen LogP contribution in [-0.4, -0.2) is 43.3 Å². The van der Waals surface area contributed by atoms with Crippen LogP contribution in [0.5, 0.6) is 0 Å². The molecule has 35 heavy (non-hydrogen) atoms. The maximum atomic E-state index is 13.7. The average Bonchev–Trinajstić information content (AvgIpc) is 3.11. The van der Waals surface area contributed by atoms with Gasteiger partial charge in [0.05, 0.1) is 20.3 Å². The van der Waals surface area contributed by atoms with Gasteiger partial charge in [0.2, 0.25) is 5.41 Å². The Morgan fingerprint density at radius 1 is 0.943 bits per heavy atom. The lowest BCUT2D eigenvalue weighted by Gasteiger charge is -2.29. The van der Waals surface area contributed by atoms with Gasteiger partial charge in [-0.1, -0.05) is 48.0 Å². The normalized spacial score (nSPS) is 14.7. The molecule has 184 valence electrons. The van der Waals surface area contributed by atoms with Gasteiger partial charge in [-0.05, 0) is 61.6 Å². The van der Waals surface area contributed by atoms with Gasteiger partial charge in [0.15, 0.2) is 0 Å². The van der Waals surface area contributed by atoms with Gasteiger partial charge in [0.1, 0.15) is 11.3 Å². The first-order valence-electron chi connectivity index (χ1n) is 11.1. The predicted octanol–water partition coefficient (Wildman–Crippen LogP) is 4.72. The van der Waals surface area contributed by atoms with Crippen LogP contribution in [0.1, 0.15) is 37.5 Å². The van der Waals surface area contributed by atoms with Gasteiger partial charge in [0, 0.05) is 10.6 Å². The minimum atomic E-state index is -1.99. The van der Waals surface area contributed by atoms with Crippen molar-refractivity contribution < 1.29 is 33.7 Å². The van der Waals surface area contributed by atoms with E-state index in [1.54, 1.807) is 62.4 Å². The second-order valence-electron chi connectivity index (χ2n) is 7.85. The molecule has 0 fully saturated rings. The van der Waals surface area contributed by atoms with Crippen LogP contribution in [0.4, 0.5) is 0 Å². The van der Waals surface area contributed by atoms with E-state index in [0.29, 0.717) is 21.7 Å². The average molecular weight is 499 g/mol. The molecule has 3 rings (SSSR count). The number of aliphatic hydroxyl groups excluding tert-OH is 1. The van der Waals surface area contributed by atoms with E-state index in [1.165, 1.54) is 14.0 Å². The van der Waals surface area contributed by atoms with Crippen LogP contribution >= 0.6 is 11.6 Å². The lowest BCUT2D eigenvalue weighted by Crippen LogP contribution is -2.47. The van der Waals surface area contributed by atoms with Gasteiger partial charge >= 0.3 is 17.9 Å². The Hall–Kier alpha value is -3.58. The standard InChI is InChI=1S/C27H27ClO7/c1-5-34-25(31)27(26(32)35-6-2)20-10-8-7-9-19(20)23(22(16(3)29)24(30)33-4)21(27)15-17-11-13-18(28)14-12-17/h7-14,29H,5-6,15H2,1-4H3/b22-16+. The monoisotopic (exact) mass is 498 g/mol. The van der Waals surface area contributed by atoms with Gasteiger partial charge in [-0.2, -0.15) is 0 Å². The summed E-state index contributed by atoms with van der Waals surface area (Å²) >= 11 is 6.06. The number of allylic oxidation sites excluding steroid dienone is 1. The molecule has 0 bridgehead atoms. The number of rotatable bonds is 8. The number of carbonyl (C=O) groups excluding carboxylic acids is 3. The summed E-state index contributed by atoms with van der Waals surface area (Å²) in [4.78, 5) is 40.3. The molecule has 0 spiro atoms. The highest BCUT2D eigenvalue weighted by Gasteiger charge is 2.59. The fraction of sp³-hybridized carbons (Fsp3) is 0.296. The molecule has 0 heterocycles. The molecule has 0 amide bonds. The number of esters is 3. The summed E-state index contributed by atoms with van der Waals surface area (Å²) in [6.07, 6.45) is 0.0621. The minimum absolute atomic E-state index is 0.0183. The number of ether oxygens (including phenoxy) is 3. The molecule has 2 aromatic carbocycles. The third-order valence-electron chi connectivity index (χ3n) is 5.81. The van der Waals surface area contributed by atoms with E-state index in [2.05, 4.69) is 0 Å². The summed E-state index contributed by atoms with van der Waals surface area (Å²) in [5.41, 5.74) is -0.237. The van der Waals surface area contributed by atoms with Crippen LogP contribution in [0.25, 0.3) is 5.57 Å². The van der Waals surface area contributed by atoms with Gasteiger partial charge in [-0.25, -0.2) is 4.79 Å². The molecular formula is C27H27ClO7. The summed E-state index contributed by atoms with van der Waals surface area (Å²) in [7, 11) is 1.19. The van der Waals surface area contributed by atoms with Crippen molar-refractivity contribution in [3.05, 3.63) is 87.1 Å². The number of methoxy groups -OCH3 is 1. The molecule has 1 N–H and O–H groups in total. The molecular weight excluding hydrogens is 472 g/mol. The topological polar surface area (TPSA) is 99.1 Å². The van der Waals surface area contributed by atoms with Crippen molar-refractivity contribution in [3.63, 3.8) is 0 Å². The molecule has 2 aromatic rings. The number of benzene rings is 2. The summed E-state index contributed by atoms with van der Waals surface area (Å²) in [5.74, 6) is -2.79. The van der Waals surface area contributed by atoms with Crippen LogP contribution in [0.15, 0.2) is 65.4 Å². The highest BCUT2D eigenvalue weighted by Crippen LogP contribution is 2.52. The van der Waals surface area contributed by atoms with Crippen LogP contribution in [0.2, 0.25) is 5.02 Å². The smallest absolute Gasteiger partial charge is 0.341 e. The fourth-order valence-electron chi connectivity index (χ4n) is 4.41. The van der Waals surface area contributed by atoms with Crippen LogP contribution < -0.4 is 0 Å². The number of hydrogen-bond acceptors (Lipinski definition) is 7. The molecule has 0 saturated heterocycles. The van der Waals surface area contributed by atoms with Crippen LogP contribution in [0.3, 0.4) is 0 Å². The van der Waals surface area contributed by atoms with Gasteiger partial charge in [0.25, 0.3) is 0 Å². The van der Waals surface area contributed by atoms with E-state index < -0.39 is 23.3 Å². The van der Waals surface area contributed by atoms with Crippen molar-refractivity contribution in [3.8, 4) is 0 Å². The largest absolute Gasteiger partial charge is 0.512 e. The van der Waals surface area contributed by atoms with Crippen molar-refractivity contribution in [2.75, 3.05) is 20.3 Å². The second kappa shape index (κ2) is 10.8. The van der Waals surface area contributed by atoms with E-state index in [-0.39, 0.29) is 42.1 Å². The first kappa shape index (κ1) is 26.0. The van der Waals surface area contributed by atoms with Crippen molar-refractivity contribution in [1.29, 1.82) is 0 Å². The lowest BCUT2D eigenvalue weighted by atomic mass is 9.74. The molecule has 0 radical (unpaired) electrons. The summed E-state index contributed by atoms with van der Waals surface area (Å²) in [5, 5.41) is 11.1. The Kier molecular flexibility index (Phi) is 8.02. The van der Waals surface area contributed by atoms with Gasteiger partial charge in [-0.3, -0.25) is 9.59 Å². The molecule has 0 unspecified atom stereocenters. The molecule has 0 atom stereocenters. The summed E-state index contributed by atoms with van der Waals surface area (Å²) < 4.78 is 15.8. The second-order valence-corrected chi connectivity index (χ2v) is 8.28. The zero-order chi connectivity index (χ0) is 25.8. The van der Waals surface area contributed by atoms with E-state index >= 15 is 0 Å².